The molecule has 1 atom stereocenters. The molecule has 0 spiro atoms. The summed E-state index contributed by atoms with van der Waals surface area (Å²) in [4.78, 5) is 11.9. The predicted octanol–water partition coefficient (Wildman–Crippen LogP) is 4.23. The van der Waals surface area contributed by atoms with E-state index in [4.69, 9.17) is 4.74 Å². The van der Waals surface area contributed by atoms with E-state index in [1.54, 1.807) is 0 Å². The summed E-state index contributed by atoms with van der Waals surface area (Å²) in [5, 5.41) is 0. The number of carbonyl (C=O) groups excluding carboxylic acids is 1. The Balaban J connectivity index is 1.87. The first-order valence-electron chi connectivity index (χ1n) is 6.92. The number of esters is 1. The number of rotatable bonds is 5. The predicted molar refractivity (Wildman–Crippen MR) is 80.4 cm³/mol. The fourth-order valence-corrected chi connectivity index (χ4v) is 2.30. The monoisotopic (exact) mass is 268 g/mol. The minimum Gasteiger partial charge on any atom is -0.461 e. The molecular weight excluding hydrogens is 248 g/mol. The molecule has 0 N–H and O–H groups in total. The van der Waals surface area contributed by atoms with Crippen LogP contribution >= 0.6 is 0 Å². The van der Waals surface area contributed by atoms with Crippen molar-refractivity contribution in [3.05, 3.63) is 71.3 Å². The fourth-order valence-electron chi connectivity index (χ4n) is 2.30. The van der Waals surface area contributed by atoms with Crippen LogP contribution < -0.4 is 0 Å². The van der Waals surface area contributed by atoms with E-state index < -0.39 is 0 Å². The minimum absolute atomic E-state index is 0.149. The lowest BCUT2D eigenvalue weighted by atomic mass is 9.94. The van der Waals surface area contributed by atoms with Crippen molar-refractivity contribution >= 4 is 5.97 Å². The van der Waals surface area contributed by atoms with Gasteiger partial charge in [0.15, 0.2) is 0 Å². The van der Waals surface area contributed by atoms with Crippen LogP contribution in [0.3, 0.4) is 0 Å². The molecule has 2 heteroatoms. The molecule has 0 saturated carbocycles. The minimum atomic E-state index is -0.149. The Morgan fingerprint density at radius 2 is 1.70 bits per heavy atom. The average Bonchev–Trinajstić information content (AvgIpc) is 2.46. The van der Waals surface area contributed by atoms with Crippen LogP contribution in [-0.2, 0) is 16.1 Å². The van der Waals surface area contributed by atoms with Gasteiger partial charge < -0.3 is 4.74 Å². The van der Waals surface area contributed by atoms with Gasteiger partial charge in [-0.1, -0.05) is 61.5 Å². The number of hydrogen-bond donors (Lipinski definition) is 0. The molecule has 0 bridgehead atoms. The maximum atomic E-state index is 11.9. The summed E-state index contributed by atoms with van der Waals surface area (Å²) in [6.07, 6.45) is 0.414. The normalized spacial score (nSPS) is 11.9. The van der Waals surface area contributed by atoms with Crippen LogP contribution in [0.5, 0.6) is 0 Å². The van der Waals surface area contributed by atoms with Crippen molar-refractivity contribution in [1.82, 2.24) is 0 Å². The summed E-state index contributed by atoms with van der Waals surface area (Å²) in [5.74, 6) is 0.0316. The van der Waals surface area contributed by atoms with Crippen molar-refractivity contribution in [2.24, 2.45) is 0 Å². The quantitative estimate of drug-likeness (QED) is 0.758. The summed E-state index contributed by atoms with van der Waals surface area (Å²) in [6.45, 7) is 4.48. The van der Waals surface area contributed by atoms with Gasteiger partial charge in [-0.25, -0.2) is 0 Å². The third kappa shape index (κ3) is 3.95. The van der Waals surface area contributed by atoms with Gasteiger partial charge in [0.05, 0.1) is 6.42 Å². The van der Waals surface area contributed by atoms with Gasteiger partial charge >= 0.3 is 5.97 Å². The zero-order valence-corrected chi connectivity index (χ0v) is 12.0. The SMILES string of the molecule is Cc1ccccc1[C@H](C)CC(=O)OCc1ccccc1. The largest absolute Gasteiger partial charge is 0.461 e. The van der Waals surface area contributed by atoms with E-state index in [9.17, 15) is 4.79 Å². The van der Waals surface area contributed by atoms with E-state index in [2.05, 4.69) is 26.0 Å². The van der Waals surface area contributed by atoms with Gasteiger partial charge in [-0.2, -0.15) is 0 Å². The van der Waals surface area contributed by atoms with Crippen LogP contribution in [0.15, 0.2) is 54.6 Å². The number of benzene rings is 2. The zero-order valence-electron chi connectivity index (χ0n) is 12.0. The highest BCUT2D eigenvalue weighted by Gasteiger charge is 2.13. The number of aryl methyl sites for hydroxylation is 1. The topological polar surface area (TPSA) is 26.3 Å². The second kappa shape index (κ2) is 6.90. The highest BCUT2D eigenvalue weighted by molar-refractivity contribution is 5.70. The van der Waals surface area contributed by atoms with Crippen LogP contribution in [0.4, 0.5) is 0 Å². The second-order valence-corrected chi connectivity index (χ2v) is 5.11. The first-order chi connectivity index (χ1) is 9.66. The number of carbonyl (C=O) groups is 1. The Morgan fingerprint density at radius 1 is 1.05 bits per heavy atom. The van der Waals surface area contributed by atoms with Crippen molar-refractivity contribution in [2.75, 3.05) is 0 Å². The molecule has 104 valence electrons. The molecule has 0 aliphatic heterocycles. The van der Waals surface area contributed by atoms with Gasteiger partial charge in [-0.3, -0.25) is 4.79 Å². The third-order valence-corrected chi connectivity index (χ3v) is 3.43. The summed E-state index contributed by atoms with van der Waals surface area (Å²) < 4.78 is 5.32. The van der Waals surface area contributed by atoms with Gasteiger partial charge in [0.2, 0.25) is 0 Å². The van der Waals surface area contributed by atoms with E-state index in [-0.39, 0.29) is 11.9 Å². The zero-order chi connectivity index (χ0) is 14.4. The van der Waals surface area contributed by atoms with Crippen molar-refractivity contribution in [1.29, 1.82) is 0 Å². The molecule has 0 radical (unpaired) electrons. The fraction of sp³-hybridized carbons (Fsp3) is 0.278. The van der Waals surface area contributed by atoms with Crippen LogP contribution in [0, 0.1) is 6.92 Å². The van der Waals surface area contributed by atoms with Crippen LogP contribution in [0.2, 0.25) is 0 Å². The smallest absolute Gasteiger partial charge is 0.306 e. The summed E-state index contributed by atoms with van der Waals surface area (Å²) in [5.41, 5.74) is 3.45. The Kier molecular flexibility index (Phi) is 4.94. The van der Waals surface area contributed by atoms with Crippen molar-refractivity contribution in [2.45, 2.75) is 32.8 Å². The molecule has 0 aromatic heterocycles. The maximum absolute atomic E-state index is 11.9. The van der Waals surface area contributed by atoms with Gasteiger partial charge in [0.25, 0.3) is 0 Å². The van der Waals surface area contributed by atoms with E-state index in [0.717, 1.165) is 5.56 Å². The summed E-state index contributed by atoms with van der Waals surface area (Å²) >= 11 is 0. The molecule has 2 aromatic rings. The Labute approximate surface area is 120 Å². The molecule has 2 rings (SSSR count). The lowest BCUT2D eigenvalue weighted by Crippen LogP contribution is -2.09. The Hall–Kier alpha value is -2.09. The highest BCUT2D eigenvalue weighted by atomic mass is 16.5. The highest BCUT2D eigenvalue weighted by Crippen LogP contribution is 2.22. The van der Waals surface area contributed by atoms with Gasteiger partial charge in [0, 0.05) is 0 Å². The average molecular weight is 268 g/mol. The van der Waals surface area contributed by atoms with Crippen LogP contribution in [0.25, 0.3) is 0 Å². The van der Waals surface area contributed by atoms with Crippen LogP contribution in [-0.4, -0.2) is 5.97 Å². The number of hydrogen-bond acceptors (Lipinski definition) is 2. The van der Waals surface area contributed by atoms with Crippen molar-refractivity contribution in [3.63, 3.8) is 0 Å². The van der Waals surface area contributed by atoms with Crippen molar-refractivity contribution in [3.8, 4) is 0 Å². The lowest BCUT2D eigenvalue weighted by molar-refractivity contribution is -0.145. The molecule has 0 amide bonds. The lowest BCUT2D eigenvalue weighted by Gasteiger charge is -2.14. The van der Waals surface area contributed by atoms with Crippen molar-refractivity contribution < 1.29 is 9.53 Å². The summed E-state index contributed by atoms with van der Waals surface area (Å²) in [6, 6.07) is 17.9. The Bertz CT molecular complexity index is 561. The van der Waals surface area contributed by atoms with E-state index in [1.807, 2.05) is 42.5 Å². The molecule has 0 aliphatic rings. The molecular formula is C18H20O2. The first kappa shape index (κ1) is 14.3. The van der Waals surface area contributed by atoms with E-state index in [1.165, 1.54) is 11.1 Å². The molecule has 0 heterocycles. The first-order valence-corrected chi connectivity index (χ1v) is 6.92. The summed E-state index contributed by atoms with van der Waals surface area (Å²) in [7, 11) is 0. The van der Waals surface area contributed by atoms with Crippen LogP contribution in [0.1, 0.15) is 36.0 Å². The Morgan fingerprint density at radius 3 is 2.40 bits per heavy atom. The van der Waals surface area contributed by atoms with Gasteiger partial charge in [-0.15, -0.1) is 0 Å². The van der Waals surface area contributed by atoms with E-state index in [0.29, 0.717) is 13.0 Å². The number of ether oxygens (including phenoxy) is 1. The second-order valence-electron chi connectivity index (χ2n) is 5.11. The molecule has 0 unspecified atom stereocenters. The molecule has 20 heavy (non-hydrogen) atoms. The molecule has 2 aromatic carbocycles. The standard InChI is InChI=1S/C18H20O2/c1-14-8-6-7-11-17(14)15(2)12-18(19)20-13-16-9-4-3-5-10-16/h3-11,15H,12-13H2,1-2H3/t15-/m1/s1. The van der Waals surface area contributed by atoms with Gasteiger partial charge in [0.1, 0.15) is 6.61 Å². The molecule has 0 saturated heterocycles. The maximum Gasteiger partial charge on any atom is 0.306 e. The third-order valence-electron chi connectivity index (χ3n) is 3.43. The van der Waals surface area contributed by atoms with E-state index >= 15 is 0 Å². The molecule has 0 fully saturated rings. The molecule has 0 aliphatic carbocycles. The van der Waals surface area contributed by atoms with Gasteiger partial charge in [-0.05, 0) is 29.5 Å². The molecule has 2 nitrogen and oxygen atoms in total.